The van der Waals surface area contributed by atoms with Crippen LogP contribution in [0.15, 0.2) is 6.33 Å². The Morgan fingerprint density at radius 1 is 1.22 bits per heavy atom. The van der Waals surface area contributed by atoms with Crippen molar-refractivity contribution in [3.8, 4) is 0 Å². The van der Waals surface area contributed by atoms with Gasteiger partial charge in [-0.3, -0.25) is 4.79 Å². The van der Waals surface area contributed by atoms with Crippen LogP contribution in [0.25, 0.3) is 0 Å². The first-order valence-corrected chi connectivity index (χ1v) is 6.85. The zero-order valence-corrected chi connectivity index (χ0v) is 10.5. The molecule has 98 valence electrons. The van der Waals surface area contributed by atoms with E-state index in [1.807, 2.05) is 0 Å². The number of likely N-dealkylation sites (tertiary alicyclic amines) is 1. The number of rotatable bonds is 3. The third-order valence-electron chi connectivity index (χ3n) is 4.25. The molecule has 18 heavy (non-hydrogen) atoms. The maximum absolute atomic E-state index is 12.3. The van der Waals surface area contributed by atoms with Gasteiger partial charge in [-0.15, -0.1) is 5.10 Å². The molecule has 6 heteroatoms. The largest absolute Gasteiger partial charge is 0.338 e. The Kier molecular flexibility index (Phi) is 3.25. The number of nitrogens with zero attached hydrogens (tertiary/aromatic N) is 5. The Labute approximate surface area is 106 Å². The van der Waals surface area contributed by atoms with E-state index in [2.05, 4.69) is 20.4 Å². The zero-order valence-electron chi connectivity index (χ0n) is 10.5. The van der Waals surface area contributed by atoms with Crippen LogP contribution < -0.4 is 0 Å². The maximum Gasteiger partial charge on any atom is 0.244 e. The molecule has 0 radical (unpaired) electrons. The van der Waals surface area contributed by atoms with Crippen molar-refractivity contribution >= 4 is 5.91 Å². The minimum Gasteiger partial charge on any atom is -0.338 e. The first-order chi connectivity index (χ1) is 8.84. The van der Waals surface area contributed by atoms with Crippen LogP contribution in [-0.2, 0) is 11.3 Å². The van der Waals surface area contributed by atoms with Crippen LogP contribution in [0.4, 0.5) is 0 Å². The van der Waals surface area contributed by atoms with E-state index in [1.165, 1.54) is 43.1 Å². The topological polar surface area (TPSA) is 63.9 Å². The normalized spacial score (nSPS) is 24.9. The Balaban J connectivity index is 1.64. The quantitative estimate of drug-likeness (QED) is 0.796. The SMILES string of the molecule is O=C(Cn1cnnn1)N1CCCC1C1CCCC1. The Morgan fingerprint density at radius 2 is 2.06 bits per heavy atom. The predicted octanol–water partition coefficient (Wildman–Crippen LogP) is 0.854. The average Bonchev–Trinajstić information content (AvgIpc) is 3.11. The van der Waals surface area contributed by atoms with Crippen LogP contribution in [0, 0.1) is 5.92 Å². The Hall–Kier alpha value is -1.46. The molecule has 0 bridgehead atoms. The molecular formula is C12H19N5O. The number of hydrogen-bond acceptors (Lipinski definition) is 4. The minimum absolute atomic E-state index is 0.164. The van der Waals surface area contributed by atoms with Gasteiger partial charge in [0.2, 0.25) is 5.91 Å². The monoisotopic (exact) mass is 249 g/mol. The molecule has 1 aliphatic carbocycles. The second kappa shape index (κ2) is 5.04. The van der Waals surface area contributed by atoms with Crippen LogP contribution in [0.5, 0.6) is 0 Å². The van der Waals surface area contributed by atoms with Crippen molar-refractivity contribution in [2.45, 2.75) is 51.1 Å². The molecule has 0 spiro atoms. The highest BCUT2D eigenvalue weighted by atomic mass is 16.2. The van der Waals surface area contributed by atoms with Crippen molar-refractivity contribution in [3.63, 3.8) is 0 Å². The Bertz CT molecular complexity index is 399. The third-order valence-corrected chi connectivity index (χ3v) is 4.25. The highest BCUT2D eigenvalue weighted by molar-refractivity contribution is 5.76. The maximum atomic E-state index is 12.3. The van der Waals surface area contributed by atoms with Crippen molar-refractivity contribution in [1.82, 2.24) is 25.1 Å². The summed E-state index contributed by atoms with van der Waals surface area (Å²) in [5.41, 5.74) is 0. The van der Waals surface area contributed by atoms with Crippen molar-refractivity contribution < 1.29 is 4.79 Å². The smallest absolute Gasteiger partial charge is 0.244 e. The molecule has 1 amide bonds. The van der Waals surface area contributed by atoms with E-state index in [9.17, 15) is 4.79 Å². The summed E-state index contributed by atoms with van der Waals surface area (Å²) in [5, 5.41) is 10.9. The average molecular weight is 249 g/mol. The van der Waals surface area contributed by atoms with E-state index >= 15 is 0 Å². The number of amides is 1. The molecule has 2 heterocycles. The molecule has 0 aromatic carbocycles. The first-order valence-electron chi connectivity index (χ1n) is 6.85. The molecule has 3 rings (SSSR count). The molecule has 1 unspecified atom stereocenters. The summed E-state index contributed by atoms with van der Waals surface area (Å²) in [6, 6.07) is 0.469. The molecule has 1 saturated heterocycles. The molecule has 2 fully saturated rings. The van der Waals surface area contributed by atoms with Gasteiger partial charge < -0.3 is 4.90 Å². The molecule has 0 N–H and O–H groups in total. The summed E-state index contributed by atoms with van der Waals surface area (Å²) in [7, 11) is 0. The highest BCUT2D eigenvalue weighted by Crippen LogP contribution is 2.35. The summed E-state index contributed by atoms with van der Waals surface area (Å²) in [6.45, 7) is 1.18. The van der Waals surface area contributed by atoms with Gasteiger partial charge in [-0.25, -0.2) is 4.68 Å². The van der Waals surface area contributed by atoms with E-state index in [0.717, 1.165) is 18.9 Å². The molecular weight excluding hydrogens is 230 g/mol. The van der Waals surface area contributed by atoms with E-state index in [-0.39, 0.29) is 12.5 Å². The second-order valence-corrected chi connectivity index (χ2v) is 5.35. The predicted molar refractivity (Wildman–Crippen MR) is 64.5 cm³/mol. The summed E-state index contributed by atoms with van der Waals surface area (Å²) in [6.07, 6.45) is 9.05. The molecule has 1 atom stereocenters. The molecule has 2 aliphatic rings. The van der Waals surface area contributed by atoms with Gasteiger partial charge in [-0.05, 0) is 42.0 Å². The van der Waals surface area contributed by atoms with Crippen LogP contribution in [-0.4, -0.2) is 43.6 Å². The molecule has 1 aromatic rings. The lowest BCUT2D eigenvalue weighted by molar-refractivity contribution is -0.133. The van der Waals surface area contributed by atoms with Crippen LogP contribution in [0.3, 0.4) is 0 Å². The van der Waals surface area contributed by atoms with Crippen molar-refractivity contribution in [2.24, 2.45) is 5.92 Å². The van der Waals surface area contributed by atoms with E-state index < -0.39 is 0 Å². The fourth-order valence-corrected chi connectivity index (χ4v) is 3.42. The lowest BCUT2D eigenvalue weighted by Crippen LogP contribution is -2.41. The number of hydrogen-bond donors (Lipinski definition) is 0. The fourth-order valence-electron chi connectivity index (χ4n) is 3.42. The van der Waals surface area contributed by atoms with Crippen molar-refractivity contribution in [2.75, 3.05) is 6.54 Å². The number of aromatic nitrogens is 4. The molecule has 1 aromatic heterocycles. The van der Waals surface area contributed by atoms with Gasteiger partial charge in [0.05, 0.1) is 0 Å². The van der Waals surface area contributed by atoms with Crippen LogP contribution in [0.1, 0.15) is 38.5 Å². The van der Waals surface area contributed by atoms with Gasteiger partial charge >= 0.3 is 0 Å². The lowest BCUT2D eigenvalue weighted by atomic mass is 9.96. The summed E-state index contributed by atoms with van der Waals surface area (Å²) < 4.78 is 1.51. The van der Waals surface area contributed by atoms with Gasteiger partial charge in [0, 0.05) is 12.6 Å². The standard InChI is InChI=1S/C12H19N5O/c18-12(8-16-9-13-14-15-16)17-7-3-6-11(17)10-4-1-2-5-10/h9-11H,1-8H2. The highest BCUT2D eigenvalue weighted by Gasteiger charge is 2.35. The minimum atomic E-state index is 0.164. The van der Waals surface area contributed by atoms with Gasteiger partial charge in [-0.1, -0.05) is 12.8 Å². The van der Waals surface area contributed by atoms with Gasteiger partial charge in [0.15, 0.2) is 0 Å². The zero-order chi connectivity index (χ0) is 12.4. The summed E-state index contributed by atoms with van der Waals surface area (Å²) >= 11 is 0. The van der Waals surface area contributed by atoms with Gasteiger partial charge in [0.1, 0.15) is 12.9 Å². The molecule has 1 saturated carbocycles. The Morgan fingerprint density at radius 3 is 2.78 bits per heavy atom. The van der Waals surface area contributed by atoms with Crippen molar-refractivity contribution in [3.05, 3.63) is 6.33 Å². The number of carbonyl (C=O) groups is 1. The fraction of sp³-hybridized carbons (Fsp3) is 0.833. The van der Waals surface area contributed by atoms with E-state index in [0.29, 0.717) is 6.04 Å². The summed E-state index contributed by atoms with van der Waals surface area (Å²) in [4.78, 5) is 14.4. The number of tetrazole rings is 1. The summed E-state index contributed by atoms with van der Waals surface area (Å²) in [5.74, 6) is 0.891. The van der Waals surface area contributed by atoms with Crippen LogP contribution >= 0.6 is 0 Å². The van der Waals surface area contributed by atoms with E-state index in [4.69, 9.17) is 0 Å². The van der Waals surface area contributed by atoms with Crippen molar-refractivity contribution in [1.29, 1.82) is 0 Å². The van der Waals surface area contributed by atoms with Gasteiger partial charge in [0.25, 0.3) is 0 Å². The third kappa shape index (κ3) is 2.23. The van der Waals surface area contributed by atoms with Crippen LogP contribution in [0.2, 0.25) is 0 Å². The molecule has 1 aliphatic heterocycles. The molecule has 6 nitrogen and oxygen atoms in total. The van der Waals surface area contributed by atoms with Gasteiger partial charge in [-0.2, -0.15) is 0 Å². The first kappa shape index (κ1) is 11.6. The lowest BCUT2D eigenvalue weighted by Gasteiger charge is -2.29. The second-order valence-electron chi connectivity index (χ2n) is 5.35. The van der Waals surface area contributed by atoms with E-state index in [1.54, 1.807) is 0 Å². The number of carbonyl (C=O) groups excluding carboxylic acids is 1.